The Kier molecular flexibility index (Phi) is 3.63. The van der Waals surface area contributed by atoms with E-state index in [9.17, 15) is 9.18 Å². The highest BCUT2D eigenvalue weighted by atomic mass is 19.1. The van der Waals surface area contributed by atoms with E-state index in [2.05, 4.69) is 11.9 Å². The van der Waals surface area contributed by atoms with Crippen LogP contribution in [0.25, 0.3) is 0 Å². The van der Waals surface area contributed by atoms with Crippen molar-refractivity contribution in [1.29, 1.82) is 5.26 Å². The van der Waals surface area contributed by atoms with E-state index in [1.54, 1.807) is 12.1 Å². The molecule has 98 valence electrons. The number of ether oxygens (including phenoxy) is 1. The fourth-order valence-corrected chi connectivity index (χ4v) is 1.88. The molecule has 1 fully saturated rings. The first kappa shape index (κ1) is 13.2. The van der Waals surface area contributed by atoms with Gasteiger partial charge in [-0.1, -0.05) is 12.6 Å². The Hall–Kier alpha value is -2.19. The Labute approximate surface area is 110 Å². The second-order valence-electron chi connectivity index (χ2n) is 4.36. The van der Waals surface area contributed by atoms with Crippen molar-refractivity contribution in [2.75, 3.05) is 6.61 Å². The number of benzene rings is 1. The lowest BCUT2D eigenvalue weighted by atomic mass is 10.0. The van der Waals surface area contributed by atoms with Crippen LogP contribution in [0.15, 0.2) is 31.0 Å². The van der Waals surface area contributed by atoms with Crippen LogP contribution in [0, 0.1) is 17.1 Å². The van der Waals surface area contributed by atoms with Crippen LogP contribution in [0.4, 0.5) is 4.39 Å². The lowest BCUT2D eigenvalue weighted by Gasteiger charge is -2.16. The monoisotopic (exact) mass is 260 g/mol. The number of amides is 1. The van der Waals surface area contributed by atoms with Crippen LogP contribution < -0.4 is 5.32 Å². The first-order chi connectivity index (χ1) is 9.11. The minimum atomic E-state index is -0.558. The maximum Gasteiger partial charge on any atom is 0.249 e. The van der Waals surface area contributed by atoms with Crippen molar-refractivity contribution < 1.29 is 13.9 Å². The fraction of sp³-hybridized carbons (Fsp3) is 0.286. The second-order valence-corrected chi connectivity index (χ2v) is 4.36. The summed E-state index contributed by atoms with van der Waals surface area (Å²) in [6, 6.07) is 6.12. The highest BCUT2D eigenvalue weighted by Gasteiger charge is 2.46. The summed E-state index contributed by atoms with van der Waals surface area (Å²) in [6.45, 7) is 3.29. The van der Waals surface area contributed by atoms with Crippen LogP contribution in [-0.4, -0.2) is 12.5 Å². The van der Waals surface area contributed by atoms with Crippen molar-refractivity contribution in [3.63, 3.8) is 0 Å². The number of nitrogens with one attached hydrogen (secondary N) is 1. The molecule has 0 spiro atoms. The van der Waals surface area contributed by atoms with Gasteiger partial charge < -0.3 is 10.1 Å². The summed E-state index contributed by atoms with van der Waals surface area (Å²) < 4.78 is 18.8. The molecular formula is C14H13FN2O2. The van der Waals surface area contributed by atoms with E-state index in [1.165, 1.54) is 18.3 Å². The Morgan fingerprint density at radius 2 is 2.37 bits per heavy atom. The highest BCUT2D eigenvalue weighted by molar-refractivity contribution is 5.78. The van der Waals surface area contributed by atoms with E-state index in [1.807, 2.05) is 0 Å². The van der Waals surface area contributed by atoms with Gasteiger partial charge in [0.1, 0.15) is 18.5 Å². The molecule has 0 saturated heterocycles. The van der Waals surface area contributed by atoms with Gasteiger partial charge in [-0.3, -0.25) is 4.79 Å². The molecule has 1 aliphatic rings. The number of hydrogen-bond donors (Lipinski definition) is 1. The molecule has 0 atom stereocenters. The first-order valence-electron chi connectivity index (χ1n) is 5.86. The molecule has 1 aromatic rings. The van der Waals surface area contributed by atoms with Gasteiger partial charge in [-0.15, -0.1) is 0 Å². The van der Waals surface area contributed by atoms with E-state index in [-0.39, 0.29) is 18.1 Å². The van der Waals surface area contributed by atoms with Crippen LogP contribution in [0.1, 0.15) is 24.0 Å². The largest absolute Gasteiger partial charge is 0.360 e. The Morgan fingerprint density at radius 1 is 1.63 bits per heavy atom. The third kappa shape index (κ3) is 2.80. The summed E-state index contributed by atoms with van der Waals surface area (Å²) in [4.78, 5) is 11.3. The summed E-state index contributed by atoms with van der Waals surface area (Å²) in [7, 11) is 0. The molecule has 0 aromatic heterocycles. The molecule has 0 unspecified atom stereocenters. The Bertz CT molecular complexity index is 559. The average Bonchev–Trinajstić information content (AvgIpc) is 3.18. The number of nitrogens with zero attached hydrogens (tertiary/aromatic N) is 1. The van der Waals surface area contributed by atoms with Gasteiger partial charge in [0, 0.05) is 0 Å². The van der Waals surface area contributed by atoms with Crippen molar-refractivity contribution >= 4 is 5.91 Å². The third-order valence-electron chi connectivity index (χ3n) is 3.06. The predicted molar refractivity (Wildman–Crippen MR) is 66.3 cm³/mol. The number of hydrogen-bond acceptors (Lipinski definition) is 3. The smallest absolute Gasteiger partial charge is 0.249 e. The van der Waals surface area contributed by atoms with Gasteiger partial charge in [-0.05, 0) is 36.7 Å². The number of halogens is 1. The molecule has 19 heavy (non-hydrogen) atoms. The zero-order chi connectivity index (χ0) is 13.9. The topological polar surface area (TPSA) is 62.1 Å². The van der Waals surface area contributed by atoms with Crippen LogP contribution in [-0.2, 0) is 15.1 Å². The summed E-state index contributed by atoms with van der Waals surface area (Å²) in [5.41, 5.74) is 0.164. The number of nitriles is 1. The zero-order valence-corrected chi connectivity index (χ0v) is 10.3. The van der Waals surface area contributed by atoms with E-state index in [0.29, 0.717) is 0 Å². The molecule has 0 bridgehead atoms. The van der Waals surface area contributed by atoms with E-state index >= 15 is 0 Å². The molecule has 4 nitrogen and oxygen atoms in total. The molecule has 1 aromatic carbocycles. The minimum Gasteiger partial charge on any atom is -0.360 e. The van der Waals surface area contributed by atoms with E-state index in [0.717, 1.165) is 18.4 Å². The number of carbonyl (C=O) groups excluding carboxylic acids is 1. The molecule has 2 rings (SSSR count). The van der Waals surface area contributed by atoms with Crippen molar-refractivity contribution in [2.24, 2.45) is 0 Å². The fourth-order valence-electron chi connectivity index (χ4n) is 1.88. The van der Waals surface area contributed by atoms with Gasteiger partial charge in [0.25, 0.3) is 0 Å². The van der Waals surface area contributed by atoms with Crippen LogP contribution in [0.2, 0.25) is 0 Å². The lowest BCUT2D eigenvalue weighted by molar-refractivity contribution is -0.127. The first-order valence-corrected chi connectivity index (χ1v) is 5.86. The van der Waals surface area contributed by atoms with Crippen molar-refractivity contribution in [2.45, 2.75) is 18.4 Å². The molecule has 1 amide bonds. The van der Waals surface area contributed by atoms with Crippen LogP contribution in [0.5, 0.6) is 0 Å². The zero-order valence-electron chi connectivity index (χ0n) is 10.3. The van der Waals surface area contributed by atoms with Crippen molar-refractivity contribution in [3.8, 4) is 6.07 Å². The van der Waals surface area contributed by atoms with Crippen molar-refractivity contribution in [1.82, 2.24) is 5.32 Å². The van der Waals surface area contributed by atoms with Crippen LogP contribution in [0.3, 0.4) is 0 Å². The molecule has 5 heteroatoms. The predicted octanol–water partition coefficient (Wildman–Crippen LogP) is 1.96. The Morgan fingerprint density at radius 3 is 2.95 bits per heavy atom. The van der Waals surface area contributed by atoms with Crippen molar-refractivity contribution in [3.05, 3.63) is 47.9 Å². The maximum atomic E-state index is 13.3. The van der Waals surface area contributed by atoms with Crippen LogP contribution >= 0.6 is 0 Å². The SMILES string of the molecule is C=CNC(=O)COC1(c2ccc(F)c(C#N)c2)CC1. The summed E-state index contributed by atoms with van der Waals surface area (Å²) in [5.74, 6) is -0.838. The molecular weight excluding hydrogens is 247 g/mol. The third-order valence-corrected chi connectivity index (χ3v) is 3.06. The normalized spacial score (nSPS) is 15.4. The molecule has 1 aliphatic carbocycles. The molecule has 1 N–H and O–H groups in total. The van der Waals surface area contributed by atoms with Gasteiger partial charge in [0.2, 0.25) is 5.91 Å². The van der Waals surface area contributed by atoms with Gasteiger partial charge in [0.15, 0.2) is 0 Å². The summed E-state index contributed by atoms with van der Waals surface area (Å²) in [6.07, 6.45) is 2.80. The minimum absolute atomic E-state index is 0.0112. The van der Waals surface area contributed by atoms with E-state index in [4.69, 9.17) is 10.00 Å². The Balaban J connectivity index is 2.10. The number of rotatable bonds is 5. The molecule has 0 aliphatic heterocycles. The van der Waals surface area contributed by atoms with Gasteiger partial charge in [-0.2, -0.15) is 5.26 Å². The standard InChI is InChI=1S/C14H13FN2O2/c1-2-17-13(18)9-19-14(5-6-14)11-3-4-12(15)10(7-11)8-16/h2-4,7H,1,5-6,9H2,(H,17,18). The maximum absolute atomic E-state index is 13.3. The van der Waals surface area contributed by atoms with Gasteiger partial charge in [-0.25, -0.2) is 4.39 Å². The molecule has 1 saturated carbocycles. The summed E-state index contributed by atoms with van der Waals surface area (Å²) in [5, 5.41) is 11.2. The highest BCUT2D eigenvalue weighted by Crippen LogP contribution is 2.49. The molecule has 0 heterocycles. The second kappa shape index (κ2) is 5.21. The molecule has 0 radical (unpaired) electrons. The summed E-state index contributed by atoms with van der Waals surface area (Å²) >= 11 is 0. The number of carbonyl (C=O) groups is 1. The average molecular weight is 260 g/mol. The van der Waals surface area contributed by atoms with Gasteiger partial charge >= 0.3 is 0 Å². The quantitative estimate of drug-likeness (QED) is 0.880. The van der Waals surface area contributed by atoms with E-state index < -0.39 is 11.4 Å². The lowest BCUT2D eigenvalue weighted by Crippen LogP contribution is -2.26. The van der Waals surface area contributed by atoms with Gasteiger partial charge in [0.05, 0.1) is 11.2 Å².